The van der Waals surface area contributed by atoms with Crippen molar-refractivity contribution in [2.75, 3.05) is 34.3 Å². The highest BCUT2D eigenvalue weighted by Gasteiger charge is 2.42. The Bertz CT molecular complexity index is 741. The van der Waals surface area contributed by atoms with Gasteiger partial charge in [-0.2, -0.15) is 8.78 Å². The number of carbonyl (C=O) groups is 1. The molecule has 0 bridgehead atoms. The molecule has 0 aromatic heterocycles. The number of hydrogen-bond acceptors (Lipinski definition) is 4. The van der Waals surface area contributed by atoms with Crippen LogP contribution in [-0.2, 0) is 11.3 Å². The highest BCUT2D eigenvalue weighted by molar-refractivity contribution is 14.0. The topological polar surface area (TPSA) is 75.2 Å². The van der Waals surface area contributed by atoms with E-state index in [-0.39, 0.29) is 47.9 Å². The highest BCUT2D eigenvalue weighted by atomic mass is 127. The van der Waals surface area contributed by atoms with E-state index in [0.29, 0.717) is 24.6 Å². The Labute approximate surface area is 200 Å². The van der Waals surface area contributed by atoms with E-state index < -0.39 is 12.0 Å². The Balaban J connectivity index is 0.00000480. The molecule has 2 rings (SSSR count). The molecule has 0 unspecified atom stereocenters. The number of benzene rings is 1. The van der Waals surface area contributed by atoms with E-state index in [0.717, 1.165) is 25.7 Å². The van der Waals surface area contributed by atoms with Crippen LogP contribution in [0.3, 0.4) is 0 Å². The second-order valence-electron chi connectivity index (χ2n) is 7.60. The lowest BCUT2D eigenvalue weighted by atomic mass is 9.84. The molecule has 1 aromatic rings. The first-order valence-electron chi connectivity index (χ1n) is 10.2. The Hall–Kier alpha value is -1.85. The molecule has 2 N–H and O–H groups in total. The van der Waals surface area contributed by atoms with Crippen molar-refractivity contribution in [1.82, 2.24) is 15.5 Å². The summed E-state index contributed by atoms with van der Waals surface area (Å²) in [5.41, 5.74) is 0.279. The van der Waals surface area contributed by atoms with Gasteiger partial charge in [-0.1, -0.05) is 18.9 Å². The predicted molar refractivity (Wildman–Crippen MR) is 127 cm³/mol. The molecule has 1 fully saturated rings. The van der Waals surface area contributed by atoms with Crippen molar-refractivity contribution in [2.24, 2.45) is 10.4 Å². The van der Waals surface area contributed by atoms with Crippen LogP contribution in [0.25, 0.3) is 0 Å². The van der Waals surface area contributed by atoms with E-state index in [9.17, 15) is 13.6 Å². The van der Waals surface area contributed by atoms with Crippen LogP contribution < -0.4 is 20.1 Å². The Kier molecular flexibility index (Phi) is 11.3. The minimum absolute atomic E-state index is 0. The van der Waals surface area contributed by atoms with Crippen molar-refractivity contribution in [3.05, 3.63) is 23.8 Å². The molecule has 0 aliphatic heterocycles. The molecule has 0 radical (unpaired) electrons. The molecule has 7 nitrogen and oxygen atoms in total. The first-order chi connectivity index (χ1) is 14.3. The van der Waals surface area contributed by atoms with E-state index >= 15 is 0 Å². The lowest BCUT2D eigenvalue weighted by Crippen LogP contribution is -2.49. The zero-order valence-corrected chi connectivity index (χ0v) is 20.9. The van der Waals surface area contributed by atoms with Crippen LogP contribution in [0.5, 0.6) is 11.5 Å². The minimum atomic E-state index is -2.94. The van der Waals surface area contributed by atoms with Crippen LogP contribution in [0.15, 0.2) is 23.2 Å². The number of alkyl halides is 2. The SMILES string of the molecule is CCNC(=NCc1ccc(OC)c(OC(F)F)c1)NCC1(C(=O)N(C)C)CCCC1.I. The molecule has 31 heavy (non-hydrogen) atoms. The van der Waals surface area contributed by atoms with Crippen molar-refractivity contribution < 1.29 is 23.0 Å². The minimum Gasteiger partial charge on any atom is -0.493 e. The largest absolute Gasteiger partial charge is 0.493 e. The summed E-state index contributed by atoms with van der Waals surface area (Å²) in [6, 6.07) is 4.82. The van der Waals surface area contributed by atoms with Crippen LogP contribution in [0.1, 0.15) is 38.2 Å². The fourth-order valence-corrected chi connectivity index (χ4v) is 3.76. The molecule has 0 atom stereocenters. The number of rotatable bonds is 9. The molecule has 1 aliphatic rings. The normalized spacial score (nSPS) is 15.3. The lowest BCUT2D eigenvalue weighted by Gasteiger charge is -2.31. The average Bonchev–Trinajstić information content (AvgIpc) is 3.19. The Morgan fingerprint density at radius 2 is 1.90 bits per heavy atom. The summed E-state index contributed by atoms with van der Waals surface area (Å²) in [6.45, 7) is 0.429. The summed E-state index contributed by atoms with van der Waals surface area (Å²) in [6.07, 6.45) is 3.77. The predicted octanol–water partition coefficient (Wildman–Crippen LogP) is 3.62. The third-order valence-electron chi connectivity index (χ3n) is 5.22. The van der Waals surface area contributed by atoms with Crippen LogP contribution in [0, 0.1) is 5.41 Å². The Morgan fingerprint density at radius 1 is 1.23 bits per heavy atom. The lowest BCUT2D eigenvalue weighted by molar-refractivity contribution is -0.138. The number of guanidine groups is 1. The van der Waals surface area contributed by atoms with Gasteiger partial charge in [0.15, 0.2) is 17.5 Å². The number of carbonyl (C=O) groups excluding carboxylic acids is 1. The number of methoxy groups -OCH3 is 1. The molecule has 0 heterocycles. The van der Waals surface area contributed by atoms with Crippen molar-refractivity contribution in [2.45, 2.75) is 45.8 Å². The number of aliphatic imine (C=N–C) groups is 1. The highest BCUT2D eigenvalue weighted by Crippen LogP contribution is 2.39. The number of halogens is 3. The Morgan fingerprint density at radius 3 is 2.45 bits per heavy atom. The maximum atomic E-state index is 12.7. The first-order valence-corrected chi connectivity index (χ1v) is 10.2. The van der Waals surface area contributed by atoms with Gasteiger partial charge in [-0.15, -0.1) is 24.0 Å². The number of amides is 1. The molecular weight excluding hydrogens is 521 g/mol. The van der Waals surface area contributed by atoms with Gasteiger partial charge in [-0.3, -0.25) is 4.79 Å². The number of hydrogen-bond donors (Lipinski definition) is 2. The molecular formula is C21H33F2IN4O3. The smallest absolute Gasteiger partial charge is 0.387 e. The summed E-state index contributed by atoms with van der Waals surface area (Å²) >= 11 is 0. The van der Waals surface area contributed by atoms with Gasteiger partial charge in [0.05, 0.1) is 19.1 Å². The van der Waals surface area contributed by atoms with Gasteiger partial charge in [0, 0.05) is 27.2 Å². The van der Waals surface area contributed by atoms with Crippen molar-refractivity contribution in [3.8, 4) is 11.5 Å². The maximum Gasteiger partial charge on any atom is 0.387 e. The summed E-state index contributed by atoms with van der Waals surface area (Å²) in [7, 11) is 4.96. The van der Waals surface area contributed by atoms with Crippen molar-refractivity contribution in [1.29, 1.82) is 0 Å². The number of nitrogens with one attached hydrogen (secondary N) is 2. The second-order valence-corrected chi connectivity index (χ2v) is 7.60. The third-order valence-corrected chi connectivity index (χ3v) is 5.22. The molecule has 0 spiro atoms. The fraction of sp³-hybridized carbons (Fsp3) is 0.619. The van der Waals surface area contributed by atoms with E-state index in [1.54, 1.807) is 31.1 Å². The summed E-state index contributed by atoms with van der Waals surface area (Å²) in [5.74, 6) is 0.910. The van der Waals surface area contributed by atoms with Crippen LogP contribution in [-0.4, -0.2) is 57.7 Å². The monoisotopic (exact) mass is 554 g/mol. The van der Waals surface area contributed by atoms with Crippen LogP contribution in [0.2, 0.25) is 0 Å². The van der Waals surface area contributed by atoms with Gasteiger partial charge in [0.1, 0.15) is 0 Å². The quantitative estimate of drug-likeness (QED) is 0.277. The van der Waals surface area contributed by atoms with Gasteiger partial charge in [-0.05, 0) is 37.5 Å². The summed E-state index contributed by atoms with van der Waals surface area (Å²) < 4.78 is 34.9. The third kappa shape index (κ3) is 7.65. The molecule has 1 amide bonds. The molecule has 1 saturated carbocycles. The van der Waals surface area contributed by atoms with Crippen LogP contribution in [0.4, 0.5) is 8.78 Å². The van der Waals surface area contributed by atoms with E-state index in [2.05, 4.69) is 20.4 Å². The molecule has 1 aliphatic carbocycles. The fourth-order valence-electron chi connectivity index (χ4n) is 3.76. The first kappa shape index (κ1) is 27.2. The van der Waals surface area contributed by atoms with Gasteiger partial charge in [0.2, 0.25) is 5.91 Å². The summed E-state index contributed by atoms with van der Waals surface area (Å²) in [5, 5.41) is 6.46. The molecule has 0 saturated heterocycles. The van der Waals surface area contributed by atoms with Crippen molar-refractivity contribution >= 4 is 35.8 Å². The number of ether oxygens (including phenoxy) is 2. The van der Waals surface area contributed by atoms with E-state index in [4.69, 9.17) is 4.74 Å². The van der Waals surface area contributed by atoms with Gasteiger partial charge < -0.3 is 25.0 Å². The molecule has 1 aromatic carbocycles. The summed E-state index contributed by atoms with van der Waals surface area (Å²) in [4.78, 5) is 18.9. The maximum absolute atomic E-state index is 12.7. The standard InChI is InChI=1S/C21H32F2N4O3.HI/c1-5-24-20(26-14-21(10-6-7-11-21)18(28)27(2)3)25-13-15-8-9-16(29-4)17(12-15)30-19(22)23;/h8-9,12,19H,5-7,10-11,13-14H2,1-4H3,(H2,24,25,26);1H. The second kappa shape index (κ2) is 12.9. The zero-order valence-electron chi connectivity index (χ0n) is 18.5. The van der Waals surface area contributed by atoms with Crippen LogP contribution >= 0.6 is 24.0 Å². The van der Waals surface area contributed by atoms with Gasteiger partial charge in [0.25, 0.3) is 0 Å². The van der Waals surface area contributed by atoms with Gasteiger partial charge in [-0.25, -0.2) is 4.99 Å². The average molecular weight is 554 g/mol. The van der Waals surface area contributed by atoms with Gasteiger partial charge >= 0.3 is 6.61 Å². The van der Waals surface area contributed by atoms with E-state index in [1.165, 1.54) is 13.2 Å². The van der Waals surface area contributed by atoms with Crippen molar-refractivity contribution in [3.63, 3.8) is 0 Å². The zero-order chi connectivity index (χ0) is 22.1. The van der Waals surface area contributed by atoms with E-state index in [1.807, 2.05) is 6.92 Å². The molecule has 10 heteroatoms. The number of nitrogens with zero attached hydrogens (tertiary/aromatic N) is 2. The molecule has 176 valence electrons.